The molecule has 0 fully saturated rings. The lowest BCUT2D eigenvalue weighted by molar-refractivity contribution is 0.208. The monoisotopic (exact) mass is 620 g/mol. The topological polar surface area (TPSA) is 87.6 Å². The summed E-state index contributed by atoms with van der Waals surface area (Å²) in [6, 6.07) is 0. The average Bonchev–Trinajstić information content (AvgIpc) is 2.96. The molecule has 0 aliphatic rings. The predicted molar refractivity (Wildman–Crippen MR) is 185 cm³/mol. The summed E-state index contributed by atoms with van der Waals surface area (Å²) in [4.78, 5) is 0. The zero-order valence-corrected chi connectivity index (χ0v) is 29.6. The van der Waals surface area contributed by atoms with Crippen LogP contribution in [0.4, 0.5) is 0 Å². The minimum absolute atomic E-state index is 0. The van der Waals surface area contributed by atoms with Gasteiger partial charge in [-0.05, 0) is 12.8 Å². The molecule has 0 heterocycles. The third kappa shape index (κ3) is 37.9. The van der Waals surface area contributed by atoms with Crippen LogP contribution in [0.1, 0.15) is 219 Å². The fraction of sp³-hybridized carbons (Fsp3) is 1.00. The average molecular weight is 620 g/mol. The van der Waals surface area contributed by atoms with E-state index in [0.29, 0.717) is 0 Å². The molecule has 0 rings (SSSR count). The molecule has 0 spiro atoms. The molecule has 256 valence electrons. The van der Waals surface area contributed by atoms with Crippen LogP contribution in [0.3, 0.4) is 0 Å². The number of hydrogen-bond acceptors (Lipinski definition) is 5. The Bertz CT molecular complexity index is 541. The van der Waals surface area contributed by atoms with Gasteiger partial charge in [0.25, 0.3) is 0 Å². The first-order valence-electron chi connectivity index (χ1n) is 18.7. The molecule has 3 N–H and O–H groups in total. The summed E-state index contributed by atoms with van der Waals surface area (Å²) in [6.07, 6.45) is 41.8. The normalized spacial score (nSPS) is 11.7. The first-order valence-corrected chi connectivity index (χ1v) is 20.0. The van der Waals surface area contributed by atoms with Gasteiger partial charge in [-0.1, -0.05) is 206 Å². The zero-order chi connectivity index (χ0) is 30.0. The lowest BCUT2D eigenvalue weighted by Gasteiger charge is -2.07. The summed E-state index contributed by atoms with van der Waals surface area (Å²) in [5.74, 6) is 0. The molecule has 0 bridgehead atoms. The van der Waals surface area contributed by atoms with Gasteiger partial charge in [0.1, 0.15) is 0 Å². The van der Waals surface area contributed by atoms with Crippen molar-refractivity contribution in [3.63, 3.8) is 0 Å². The standard InChI is InChI=1S/C36H74O4S.H3N/c1-3-5-7-9-11-13-15-17-19-21-23-25-27-29-31-33-35-39-41(37,38)40-36-34-32-30-28-26-24-22-20-18-16-14-12-10-8-6-4-2;/h3-36H2,1-2H3;1H3. The van der Waals surface area contributed by atoms with E-state index in [9.17, 15) is 8.42 Å². The van der Waals surface area contributed by atoms with E-state index in [4.69, 9.17) is 8.37 Å². The Labute approximate surface area is 265 Å². The maximum Gasteiger partial charge on any atom is 0.399 e. The molecule has 6 heteroatoms. The molecule has 0 unspecified atom stereocenters. The Kier molecular flexibility index (Phi) is 38.7. The van der Waals surface area contributed by atoms with Gasteiger partial charge in [0, 0.05) is 0 Å². The maximum atomic E-state index is 11.9. The van der Waals surface area contributed by atoms with E-state index in [1.807, 2.05) is 0 Å². The van der Waals surface area contributed by atoms with Crippen molar-refractivity contribution in [2.24, 2.45) is 0 Å². The summed E-state index contributed by atoms with van der Waals surface area (Å²) in [6.45, 7) is 5.06. The van der Waals surface area contributed by atoms with Crippen LogP contribution < -0.4 is 6.15 Å². The second kappa shape index (κ2) is 37.0. The van der Waals surface area contributed by atoms with Crippen LogP contribution in [-0.2, 0) is 18.8 Å². The van der Waals surface area contributed by atoms with Crippen molar-refractivity contribution in [1.29, 1.82) is 0 Å². The van der Waals surface area contributed by atoms with Gasteiger partial charge < -0.3 is 6.15 Å². The van der Waals surface area contributed by atoms with Gasteiger partial charge in [0.05, 0.1) is 13.2 Å². The van der Waals surface area contributed by atoms with Crippen molar-refractivity contribution >= 4 is 10.4 Å². The van der Waals surface area contributed by atoms with E-state index in [0.717, 1.165) is 25.7 Å². The second-order valence-corrected chi connectivity index (χ2v) is 13.9. The van der Waals surface area contributed by atoms with E-state index in [1.165, 1.54) is 180 Å². The minimum atomic E-state index is -3.82. The molecule has 42 heavy (non-hydrogen) atoms. The molecular formula is C36H77NO4S. The van der Waals surface area contributed by atoms with Gasteiger partial charge >= 0.3 is 10.4 Å². The molecule has 0 radical (unpaired) electrons. The van der Waals surface area contributed by atoms with E-state index in [-0.39, 0.29) is 19.4 Å². The Hall–Kier alpha value is -0.170. The van der Waals surface area contributed by atoms with Crippen molar-refractivity contribution in [2.45, 2.75) is 219 Å². The van der Waals surface area contributed by atoms with E-state index in [2.05, 4.69) is 13.8 Å². The molecule has 0 atom stereocenters. The van der Waals surface area contributed by atoms with E-state index >= 15 is 0 Å². The molecule has 0 aromatic heterocycles. The highest BCUT2D eigenvalue weighted by Gasteiger charge is 2.11. The number of hydrogen-bond donors (Lipinski definition) is 1. The summed E-state index contributed by atoms with van der Waals surface area (Å²) in [7, 11) is -3.82. The first kappa shape index (κ1) is 44.0. The highest BCUT2D eigenvalue weighted by Crippen LogP contribution is 2.15. The van der Waals surface area contributed by atoms with Crippen LogP contribution in [0.2, 0.25) is 0 Å². The lowest BCUT2D eigenvalue weighted by Crippen LogP contribution is -2.12. The molecule has 0 aliphatic heterocycles. The zero-order valence-electron chi connectivity index (χ0n) is 28.8. The lowest BCUT2D eigenvalue weighted by atomic mass is 10.0. The number of unbranched alkanes of at least 4 members (excludes halogenated alkanes) is 30. The largest absolute Gasteiger partial charge is 0.399 e. The number of rotatable bonds is 36. The Morgan fingerprint density at radius 2 is 0.476 bits per heavy atom. The third-order valence-electron chi connectivity index (χ3n) is 8.45. The predicted octanol–water partition coefficient (Wildman–Crippen LogP) is 12.9. The van der Waals surface area contributed by atoms with Crippen LogP contribution in [-0.4, -0.2) is 21.6 Å². The molecule has 0 aromatic carbocycles. The van der Waals surface area contributed by atoms with Gasteiger partial charge in [0.15, 0.2) is 0 Å². The molecule has 0 saturated heterocycles. The van der Waals surface area contributed by atoms with Gasteiger partial charge in [-0.2, -0.15) is 8.42 Å². The van der Waals surface area contributed by atoms with Crippen LogP contribution >= 0.6 is 0 Å². The van der Waals surface area contributed by atoms with Crippen molar-refractivity contribution in [1.82, 2.24) is 6.15 Å². The Morgan fingerprint density at radius 3 is 0.667 bits per heavy atom. The van der Waals surface area contributed by atoms with Crippen LogP contribution in [0.25, 0.3) is 0 Å². The summed E-state index contributed by atoms with van der Waals surface area (Å²) < 4.78 is 33.9. The maximum absolute atomic E-state index is 11.9. The summed E-state index contributed by atoms with van der Waals surface area (Å²) in [5, 5.41) is 0. The van der Waals surface area contributed by atoms with Gasteiger partial charge in [-0.15, -0.1) is 0 Å². The van der Waals surface area contributed by atoms with Gasteiger partial charge in [-0.25, -0.2) is 8.37 Å². The van der Waals surface area contributed by atoms with Crippen LogP contribution in [0, 0.1) is 0 Å². The highest BCUT2D eigenvalue weighted by molar-refractivity contribution is 7.81. The fourth-order valence-electron chi connectivity index (χ4n) is 5.66. The van der Waals surface area contributed by atoms with Crippen molar-refractivity contribution in [3.05, 3.63) is 0 Å². The molecular weight excluding hydrogens is 542 g/mol. The van der Waals surface area contributed by atoms with Crippen LogP contribution in [0.15, 0.2) is 0 Å². The van der Waals surface area contributed by atoms with Crippen molar-refractivity contribution < 1.29 is 16.8 Å². The molecule has 0 amide bonds. The van der Waals surface area contributed by atoms with E-state index < -0.39 is 10.4 Å². The first-order chi connectivity index (χ1) is 20.1. The Balaban J connectivity index is 0. The van der Waals surface area contributed by atoms with Gasteiger partial charge in [-0.3, -0.25) is 0 Å². The highest BCUT2D eigenvalue weighted by atomic mass is 32.3. The smallest absolute Gasteiger partial charge is 0.344 e. The van der Waals surface area contributed by atoms with Crippen molar-refractivity contribution in [2.75, 3.05) is 13.2 Å². The van der Waals surface area contributed by atoms with Gasteiger partial charge in [0.2, 0.25) is 0 Å². The molecule has 0 aliphatic carbocycles. The van der Waals surface area contributed by atoms with Crippen LogP contribution in [0.5, 0.6) is 0 Å². The fourth-order valence-corrected chi connectivity index (χ4v) is 6.37. The molecule has 0 aromatic rings. The third-order valence-corrected chi connectivity index (χ3v) is 9.36. The summed E-state index contributed by atoms with van der Waals surface area (Å²) >= 11 is 0. The second-order valence-electron chi connectivity index (χ2n) is 12.7. The molecule has 0 saturated carbocycles. The molecule has 5 nitrogen and oxygen atoms in total. The Morgan fingerprint density at radius 1 is 0.310 bits per heavy atom. The van der Waals surface area contributed by atoms with Crippen molar-refractivity contribution in [3.8, 4) is 0 Å². The minimum Gasteiger partial charge on any atom is -0.344 e. The quantitative estimate of drug-likeness (QED) is 0.0705. The summed E-state index contributed by atoms with van der Waals surface area (Å²) in [5.41, 5.74) is 0. The SMILES string of the molecule is CCCCCCCCCCCCCCCCCCOS(=O)(=O)OCCCCCCCCCCCCCCCCCC.N. The van der Waals surface area contributed by atoms with E-state index in [1.54, 1.807) is 0 Å².